The second kappa shape index (κ2) is 5.27. The molecule has 0 spiro atoms. The maximum absolute atomic E-state index is 12.0. The van der Waals surface area contributed by atoms with Gasteiger partial charge in [-0.2, -0.15) is 0 Å². The van der Waals surface area contributed by atoms with Crippen LogP contribution in [0.25, 0.3) is 0 Å². The summed E-state index contributed by atoms with van der Waals surface area (Å²) in [7, 11) is 0. The van der Waals surface area contributed by atoms with E-state index < -0.39 is 11.7 Å². The SMILES string of the molecule is CCc1nc(NC(=O)c2cccc(O)c2O)sc1C. The van der Waals surface area contributed by atoms with Gasteiger partial charge in [-0.05, 0) is 25.5 Å². The number of phenolic OH excluding ortho intramolecular Hbond substituents is 2. The van der Waals surface area contributed by atoms with Crippen LogP contribution in [0.3, 0.4) is 0 Å². The maximum atomic E-state index is 12.0. The van der Waals surface area contributed by atoms with Gasteiger partial charge in [-0.15, -0.1) is 11.3 Å². The molecule has 2 aromatic rings. The van der Waals surface area contributed by atoms with Gasteiger partial charge in [-0.3, -0.25) is 10.1 Å². The number of hydrogen-bond acceptors (Lipinski definition) is 5. The summed E-state index contributed by atoms with van der Waals surface area (Å²) in [6.07, 6.45) is 0.801. The number of rotatable bonds is 3. The van der Waals surface area contributed by atoms with Crippen molar-refractivity contribution in [1.29, 1.82) is 0 Å². The largest absolute Gasteiger partial charge is 0.504 e. The number of anilines is 1. The summed E-state index contributed by atoms with van der Waals surface area (Å²) >= 11 is 1.38. The fourth-order valence-electron chi connectivity index (χ4n) is 1.69. The molecule has 0 aliphatic rings. The summed E-state index contributed by atoms with van der Waals surface area (Å²) in [5.74, 6) is -1.24. The van der Waals surface area contributed by atoms with Crippen molar-refractivity contribution < 1.29 is 15.0 Å². The zero-order valence-electron chi connectivity index (χ0n) is 10.6. The number of carbonyl (C=O) groups is 1. The van der Waals surface area contributed by atoms with E-state index in [1.165, 1.54) is 29.5 Å². The van der Waals surface area contributed by atoms with E-state index in [-0.39, 0.29) is 11.3 Å². The van der Waals surface area contributed by atoms with Crippen LogP contribution in [0.2, 0.25) is 0 Å². The predicted octanol–water partition coefficient (Wildman–Crippen LogP) is 2.68. The smallest absolute Gasteiger partial charge is 0.261 e. The zero-order chi connectivity index (χ0) is 14.0. The van der Waals surface area contributed by atoms with E-state index in [0.717, 1.165) is 17.0 Å². The molecule has 3 N–H and O–H groups in total. The molecular formula is C13H14N2O3S. The lowest BCUT2D eigenvalue weighted by molar-refractivity contribution is 0.102. The molecule has 0 aliphatic carbocycles. The first-order chi connectivity index (χ1) is 9.02. The number of aromatic hydroxyl groups is 2. The third-order valence-corrected chi connectivity index (χ3v) is 3.64. The number of hydrogen-bond donors (Lipinski definition) is 3. The summed E-state index contributed by atoms with van der Waals surface area (Å²) < 4.78 is 0. The van der Waals surface area contributed by atoms with Crippen LogP contribution in [0.15, 0.2) is 18.2 Å². The van der Waals surface area contributed by atoms with Crippen molar-refractivity contribution in [3.63, 3.8) is 0 Å². The average molecular weight is 278 g/mol. The van der Waals surface area contributed by atoms with Crippen molar-refractivity contribution in [1.82, 2.24) is 4.98 Å². The number of aromatic nitrogens is 1. The molecule has 19 heavy (non-hydrogen) atoms. The van der Waals surface area contributed by atoms with Gasteiger partial charge in [-0.25, -0.2) is 4.98 Å². The first-order valence-electron chi connectivity index (χ1n) is 5.81. The van der Waals surface area contributed by atoms with Gasteiger partial charge in [-0.1, -0.05) is 13.0 Å². The number of amides is 1. The highest BCUT2D eigenvalue weighted by Crippen LogP contribution is 2.29. The Morgan fingerprint density at radius 2 is 2.16 bits per heavy atom. The molecule has 1 aromatic carbocycles. The summed E-state index contributed by atoms with van der Waals surface area (Å²) in [5.41, 5.74) is 0.964. The topological polar surface area (TPSA) is 82.5 Å². The molecule has 6 heteroatoms. The van der Waals surface area contributed by atoms with Crippen LogP contribution in [0.1, 0.15) is 27.9 Å². The van der Waals surface area contributed by atoms with E-state index in [2.05, 4.69) is 10.3 Å². The van der Waals surface area contributed by atoms with E-state index >= 15 is 0 Å². The molecule has 0 radical (unpaired) electrons. The molecule has 0 aliphatic heterocycles. The lowest BCUT2D eigenvalue weighted by Crippen LogP contribution is -2.11. The van der Waals surface area contributed by atoms with Crippen LogP contribution in [0.4, 0.5) is 5.13 Å². The molecule has 1 heterocycles. The van der Waals surface area contributed by atoms with E-state index in [4.69, 9.17) is 0 Å². The second-order valence-electron chi connectivity index (χ2n) is 4.00. The van der Waals surface area contributed by atoms with Crippen LogP contribution in [0.5, 0.6) is 11.5 Å². The van der Waals surface area contributed by atoms with Gasteiger partial charge in [0.1, 0.15) is 0 Å². The first-order valence-corrected chi connectivity index (χ1v) is 6.63. The number of phenols is 2. The fourth-order valence-corrected chi connectivity index (χ4v) is 2.59. The number of nitrogens with zero attached hydrogens (tertiary/aromatic N) is 1. The van der Waals surface area contributed by atoms with Gasteiger partial charge < -0.3 is 10.2 Å². The number of para-hydroxylation sites is 1. The van der Waals surface area contributed by atoms with Crippen LogP contribution in [-0.4, -0.2) is 21.1 Å². The Morgan fingerprint density at radius 3 is 2.79 bits per heavy atom. The Morgan fingerprint density at radius 1 is 1.42 bits per heavy atom. The molecule has 0 saturated heterocycles. The van der Waals surface area contributed by atoms with Gasteiger partial charge in [0.15, 0.2) is 16.6 Å². The Kier molecular flexibility index (Phi) is 3.71. The van der Waals surface area contributed by atoms with Crippen LogP contribution >= 0.6 is 11.3 Å². The van der Waals surface area contributed by atoms with Crippen LogP contribution in [0, 0.1) is 6.92 Å². The minimum atomic E-state index is -0.496. The number of nitrogens with one attached hydrogen (secondary N) is 1. The molecule has 0 fully saturated rings. The Bertz CT molecular complexity index is 622. The summed E-state index contributed by atoms with van der Waals surface area (Å²) in [5, 5.41) is 22.1. The van der Waals surface area contributed by atoms with Crippen molar-refractivity contribution in [2.24, 2.45) is 0 Å². The normalized spacial score (nSPS) is 10.4. The molecule has 0 saturated carbocycles. The minimum Gasteiger partial charge on any atom is -0.504 e. The predicted molar refractivity (Wildman–Crippen MR) is 74.0 cm³/mol. The second-order valence-corrected chi connectivity index (χ2v) is 5.21. The number of carbonyl (C=O) groups excluding carboxylic acids is 1. The monoisotopic (exact) mass is 278 g/mol. The quantitative estimate of drug-likeness (QED) is 0.754. The van der Waals surface area contributed by atoms with Crippen molar-refractivity contribution in [2.45, 2.75) is 20.3 Å². The molecule has 0 unspecified atom stereocenters. The third kappa shape index (κ3) is 2.68. The average Bonchev–Trinajstić information content (AvgIpc) is 2.72. The fraction of sp³-hybridized carbons (Fsp3) is 0.231. The van der Waals surface area contributed by atoms with Gasteiger partial charge >= 0.3 is 0 Å². The van der Waals surface area contributed by atoms with Crippen molar-refractivity contribution in [3.8, 4) is 11.5 Å². The highest BCUT2D eigenvalue weighted by atomic mass is 32.1. The number of aryl methyl sites for hydroxylation is 2. The Hall–Kier alpha value is -2.08. The van der Waals surface area contributed by atoms with Gasteiger partial charge in [0.05, 0.1) is 11.3 Å². The minimum absolute atomic E-state index is 0.0194. The van der Waals surface area contributed by atoms with E-state index in [1.54, 1.807) is 0 Å². The molecule has 0 atom stereocenters. The van der Waals surface area contributed by atoms with Crippen LogP contribution < -0.4 is 5.32 Å². The summed E-state index contributed by atoms with van der Waals surface area (Å²) in [6.45, 7) is 3.94. The van der Waals surface area contributed by atoms with Crippen molar-refractivity contribution >= 4 is 22.4 Å². The third-order valence-electron chi connectivity index (χ3n) is 2.71. The Labute approximate surface area is 114 Å². The van der Waals surface area contributed by atoms with Crippen LogP contribution in [-0.2, 0) is 6.42 Å². The lowest BCUT2D eigenvalue weighted by Gasteiger charge is -2.05. The molecule has 1 amide bonds. The highest BCUT2D eigenvalue weighted by Gasteiger charge is 2.16. The van der Waals surface area contributed by atoms with Crippen molar-refractivity contribution in [3.05, 3.63) is 34.3 Å². The molecule has 2 rings (SSSR count). The van der Waals surface area contributed by atoms with E-state index in [9.17, 15) is 15.0 Å². The highest BCUT2D eigenvalue weighted by molar-refractivity contribution is 7.15. The summed E-state index contributed by atoms with van der Waals surface area (Å²) in [4.78, 5) is 17.3. The molecule has 0 bridgehead atoms. The van der Waals surface area contributed by atoms with Gasteiger partial charge in [0, 0.05) is 4.88 Å². The molecule has 100 valence electrons. The van der Waals surface area contributed by atoms with Gasteiger partial charge in [0.25, 0.3) is 5.91 Å². The lowest BCUT2D eigenvalue weighted by atomic mass is 10.2. The first kappa shape index (κ1) is 13.4. The number of thiazole rings is 1. The maximum Gasteiger partial charge on any atom is 0.261 e. The van der Waals surface area contributed by atoms with Gasteiger partial charge in [0.2, 0.25) is 0 Å². The number of benzene rings is 1. The van der Waals surface area contributed by atoms with E-state index in [1.807, 2.05) is 13.8 Å². The summed E-state index contributed by atoms with van der Waals surface area (Å²) in [6, 6.07) is 4.25. The molecule has 5 nitrogen and oxygen atoms in total. The Balaban J connectivity index is 2.23. The standard InChI is InChI=1S/C13H14N2O3S/c1-3-9-7(2)19-13(14-9)15-12(18)8-5-4-6-10(16)11(8)17/h4-6,16-17H,3H2,1-2H3,(H,14,15,18). The molecule has 1 aromatic heterocycles. The zero-order valence-corrected chi connectivity index (χ0v) is 11.4. The van der Waals surface area contributed by atoms with E-state index in [0.29, 0.717) is 5.13 Å². The molecular weight excluding hydrogens is 264 g/mol. The van der Waals surface area contributed by atoms with Crippen molar-refractivity contribution in [2.75, 3.05) is 5.32 Å².